The first-order valence-electron chi connectivity index (χ1n) is 8.34. The van der Waals surface area contributed by atoms with Crippen molar-refractivity contribution in [1.29, 1.82) is 0 Å². The van der Waals surface area contributed by atoms with Crippen molar-refractivity contribution in [3.63, 3.8) is 0 Å². The van der Waals surface area contributed by atoms with Gasteiger partial charge < -0.3 is 24.8 Å². The van der Waals surface area contributed by atoms with E-state index in [2.05, 4.69) is 15.1 Å². The highest BCUT2D eigenvalue weighted by Crippen LogP contribution is 2.34. The van der Waals surface area contributed by atoms with E-state index in [1.165, 1.54) is 0 Å². The van der Waals surface area contributed by atoms with Gasteiger partial charge in [0.15, 0.2) is 11.5 Å². The number of carbonyl (C=O) groups excluding carboxylic acids is 1. The second-order valence-corrected chi connectivity index (χ2v) is 6.46. The predicted molar refractivity (Wildman–Crippen MR) is 90.9 cm³/mol. The van der Waals surface area contributed by atoms with Gasteiger partial charge in [-0.2, -0.15) is 0 Å². The number of benzene rings is 1. The monoisotopic (exact) mass is 349 g/mol. The SMILES string of the molecule is CN1CCN(CC(CC(=O)Nc2ccc3c(c2)OCO3)C(=O)O)CC1. The quantitative estimate of drug-likeness (QED) is 0.781. The van der Waals surface area contributed by atoms with E-state index in [-0.39, 0.29) is 19.1 Å². The van der Waals surface area contributed by atoms with Crippen LogP contribution in [-0.2, 0) is 9.59 Å². The summed E-state index contributed by atoms with van der Waals surface area (Å²) in [6.45, 7) is 4.02. The van der Waals surface area contributed by atoms with E-state index >= 15 is 0 Å². The molecule has 1 amide bonds. The fourth-order valence-corrected chi connectivity index (χ4v) is 2.98. The molecule has 1 aromatic rings. The summed E-state index contributed by atoms with van der Waals surface area (Å²) < 4.78 is 10.5. The van der Waals surface area contributed by atoms with Gasteiger partial charge in [-0.15, -0.1) is 0 Å². The van der Waals surface area contributed by atoms with Gasteiger partial charge in [0, 0.05) is 50.9 Å². The zero-order chi connectivity index (χ0) is 17.8. The molecule has 2 aliphatic rings. The van der Waals surface area contributed by atoms with Gasteiger partial charge in [0.05, 0.1) is 5.92 Å². The van der Waals surface area contributed by atoms with Crippen LogP contribution in [0.1, 0.15) is 6.42 Å². The minimum absolute atomic E-state index is 0.0594. The van der Waals surface area contributed by atoms with Gasteiger partial charge in [0.25, 0.3) is 0 Å². The third-order valence-electron chi connectivity index (χ3n) is 4.51. The number of rotatable bonds is 6. The van der Waals surface area contributed by atoms with Crippen LogP contribution in [-0.4, -0.2) is 73.3 Å². The first-order valence-corrected chi connectivity index (χ1v) is 8.34. The third kappa shape index (κ3) is 4.61. The Bertz CT molecular complexity index is 643. The lowest BCUT2D eigenvalue weighted by atomic mass is 10.0. The van der Waals surface area contributed by atoms with E-state index in [9.17, 15) is 14.7 Å². The highest BCUT2D eigenvalue weighted by Gasteiger charge is 2.26. The van der Waals surface area contributed by atoms with Crippen LogP contribution < -0.4 is 14.8 Å². The Morgan fingerprint density at radius 3 is 2.64 bits per heavy atom. The van der Waals surface area contributed by atoms with E-state index in [1.54, 1.807) is 18.2 Å². The normalized spacial score (nSPS) is 18.8. The van der Waals surface area contributed by atoms with E-state index in [1.807, 2.05) is 7.05 Å². The number of hydrogen-bond donors (Lipinski definition) is 2. The number of ether oxygens (including phenoxy) is 2. The molecule has 2 N–H and O–H groups in total. The number of carboxylic acid groups (broad SMARTS) is 1. The number of likely N-dealkylation sites (N-methyl/N-ethyl adjacent to an activating group) is 1. The fourth-order valence-electron chi connectivity index (χ4n) is 2.98. The lowest BCUT2D eigenvalue weighted by molar-refractivity contribution is -0.144. The molecule has 0 bridgehead atoms. The number of amides is 1. The molecule has 0 radical (unpaired) electrons. The van der Waals surface area contributed by atoms with Crippen molar-refractivity contribution in [2.24, 2.45) is 5.92 Å². The largest absolute Gasteiger partial charge is 0.481 e. The predicted octanol–water partition coefficient (Wildman–Crippen LogP) is 0.692. The molecule has 25 heavy (non-hydrogen) atoms. The summed E-state index contributed by atoms with van der Waals surface area (Å²) in [6.07, 6.45) is -0.0594. The zero-order valence-corrected chi connectivity index (χ0v) is 14.2. The lowest BCUT2D eigenvalue weighted by Crippen LogP contribution is -2.47. The summed E-state index contributed by atoms with van der Waals surface area (Å²) in [5.41, 5.74) is 0.568. The average molecular weight is 349 g/mol. The number of nitrogens with one attached hydrogen (secondary N) is 1. The summed E-state index contributed by atoms with van der Waals surface area (Å²) >= 11 is 0. The maximum Gasteiger partial charge on any atom is 0.308 e. The smallest absolute Gasteiger partial charge is 0.308 e. The van der Waals surface area contributed by atoms with Gasteiger partial charge in [-0.3, -0.25) is 14.5 Å². The number of fused-ring (bicyclic) bond motifs is 1. The summed E-state index contributed by atoms with van der Waals surface area (Å²) in [5.74, 6) is -0.779. The first-order chi connectivity index (χ1) is 12.0. The van der Waals surface area contributed by atoms with Gasteiger partial charge in [0.2, 0.25) is 12.7 Å². The van der Waals surface area contributed by atoms with Crippen LogP contribution in [0.2, 0.25) is 0 Å². The van der Waals surface area contributed by atoms with E-state index in [4.69, 9.17) is 9.47 Å². The van der Waals surface area contributed by atoms with E-state index < -0.39 is 11.9 Å². The Hall–Kier alpha value is -2.32. The first kappa shape index (κ1) is 17.5. The molecule has 0 aromatic heterocycles. The molecule has 1 saturated heterocycles. The van der Waals surface area contributed by atoms with E-state index in [0.29, 0.717) is 23.7 Å². The summed E-state index contributed by atoms with van der Waals surface area (Å²) in [5, 5.41) is 12.2. The molecule has 3 rings (SSSR count). The summed E-state index contributed by atoms with van der Waals surface area (Å²) in [4.78, 5) is 28.1. The Kier molecular flexibility index (Phi) is 5.40. The fraction of sp³-hybridized carbons (Fsp3) is 0.529. The van der Waals surface area contributed by atoms with Crippen molar-refractivity contribution in [3.8, 4) is 11.5 Å². The molecule has 1 fully saturated rings. The Balaban J connectivity index is 1.54. The van der Waals surface area contributed by atoms with Gasteiger partial charge in [-0.05, 0) is 19.2 Å². The average Bonchev–Trinajstić information content (AvgIpc) is 3.03. The van der Waals surface area contributed by atoms with Crippen LogP contribution in [0, 0.1) is 5.92 Å². The highest BCUT2D eigenvalue weighted by atomic mass is 16.7. The summed E-state index contributed by atoms with van der Waals surface area (Å²) in [6, 6.07) is 5.11. The van der Waals surface area contributed by atoms with Crippen LogP contribution in [0.3, 0.4) is 0 Å². The second kappa shape index (κ2) is 7.71. The number of hydrogen-bond acceptors (Lipinski definition) is 6. The number of nitrogens with zero attached hydrogens (tertiary/aromatic N) is 2. The van der Waals surface area contributed by atoms with Crippen LogP contribution in [0.5, 0.6) is 11.5 Å². The van der Waals surface area contributed by atoms with Crippen LogP contribution in [0.15, 0.2) is 18.2 Å². The molecule has 0 spiro atoms. The van der Waals surface area contributed by atoms with Crippen LogP contribution in [0.4, 0.5) is 5.69 Å². The van der Waals surface area contributed by atoms with Crippen molar-refractivity contribution in [3.05, 3.63) is 18.2 Å². The highest BCUT2D eigenvalue weighted by molar-refractivity contribution is 5.93. The zero-order valence-electron chi connectivity index (χ0n) is 14.2. The second-order valence-electron chi connectivity index (χ2n) is 6.46. The standard InChI is InChI=1S/C17H23N3O5/c1-19-4-6-20(7-5-19)10-12(17(22)23)8-16(21)18-13-2-3-14-15(9-13)25-11-24-14/h2-3,9,12H,4-8,10-11H2,1H3,(H,18,21)(H,22,23). The van der Waals surface area contributed by atoms with E-state index in [0.717, 1.165) is 26.2 Å². The molecule has 136 valence electrons. The van der Waals surface area contributed by atoms with Crippen molar-refractivity contribution < 1.29 is 24.2 Å². The minimum atomic E-state index is -0.945. The van der Waals surface area contributed by atoms with Crippen molar-refractivity contribution in [2.75, 3.05) is 51.9 Å². The maximum absolute atomic E-state index is 12.2. The molecule has 1 atom stereocenters. The molecule has 0 saturated carbocycles. The molecule has 1 aromatic carbocycles. The van der Waals surface area contributed by atoms with Crippen LogP contribution >= 0.6 is 0 Å². The van der Waals surface area contributed by atoms with Gasteiger partial charge in [-0.1, -0.05) is 0 Å². The Labute approximate surface area is 146 Å². The lowest BCUT2D eigenvalue weighted by Gasteiger charge is -2.33. The molecule has 8 nitrogen and oxygen atoms in total. The van der Waals surface area contributed by atoms with Crippen LogP contribution in [0.25, 0.3) is 0 Å². The summed E-state index contributed by atoms with van der Waals surface area (Å²) in [7, 11) is 2.05. The molecule has 0 aliphatic carbocycles. The molecule has 2 aliphatic heterocycles. The molecule has 8 heteroatoms. The van der Waals surface area contributed by atoms with Crippen molar-refractivity contribution in [2.45, 2.75) is 6.42 Å². The molecular formula is C17H23N3O5. The number of aliphatic carboxylic acids is 1. The van der Waals surface area contributed by atoms with Crippen molar-refractivity contribution >= 4 is 17.6 Å². The van der Waals surface area contributed by atoms with Gasteiger partial charge in [-0.25, -0.2) is 0 Å². The maximum atomic E-state index is 12.2. The topological polar surface area (TPSA) is 91.3 Å². The number of piperazine rings is 1. The van der Waals surface area contributed by atoms with Gasteiger partial charge >= 0.3 is 5.97 Å². The van der Waals surface area contributed by atoms with Gasteiger partial charge in [0.1, 0.15) is 0 Å². The molecule has 2 heterocycles. The Morgan fingerprint density at radius 1 is 1.20 bits per heavy atom. The number of carbonyl (C=O) groups is 2. The van der Waals surface area contributed by atoms with Crippen molar-refractivity contribution in [1.82, 2.24) is 9.80 Å². The Morgan fingerprint density at radius 2 is 1.92 bits per heavy atom. The number of anilines is 1. The third-order valence-corrected chi connectivity index (χ3v) is 4.51. The minimum Gasteiger partial charge on any atom is -0.481 e. The molecular weight excluding hydrogens is 326 g/mol. The number of carboxylic acids is 1. The molecule has 1 unspecified atom stereocenters.